The van der Waals surface area contributed by atoms with Gasteiger partial charge in [0.25, 0.3) is 0 Å². The van der Waals surface area contributed by atoms with Gasteiger partial charge in [-0.15, -0.1) is 0 Å². The molecule has 2 aromatic heterocycles. The summed E-state index contributed by atoms with van der Waals surface area (Å²) >= 11 is 0. The van der Waals surface area contributed by atoms with Gasteiger partial charge in [-0.1, -0.05) is 0 Å². The van der Waals surface area contributed by atoms with E-state index in [1.165, 1.54) is 0 Å². The lowest BCUT2D eigenvalue weighted by molar-refractivity contribution is 0.424. The fourth-order valence-electron chi connectivity index (χ4n) is 1.65. The molecule has 0 aliphatic carbocycles. The Labute approximate surface area is 101 Å². The van der Waals surface area contributed by atoms with Crippen molar-refractivity contribution in [1.29, 1.82) is 0 Å². The second-order valence-corrected chi connectivity index (χ2v) is 5.21. The van der Waals surface area contributed by atoms with Crippen LogP contribution in [-0.2, 0) is 13.6 Å². The summed E-state index contributed by atoms with van der Waals surface area (Å²) in [7, 11) is 1.93. The van der Waals surface area contributed by atoms with Crippen molar-refractivity contribution >= 4 is 0 Å². The molecule has 2 aromatic rings. The average molecular weight is 233 g/mol. The maximum Gasteiger partial charge on any atom is 0.0876 e. The summed E-state index contributed by atoms with van der Waals surface area (Å²) < 4.78 is 1.84. The standard InChI is InChI=1S/C12H19N5/c1-12(2,3)13-7-9-8-14-16-11(9)10-5-6-15-17(10)4/h5-6,8,13H,7H2,1-4H3,(H,14,16). The number of hydrogen-bond donors (Lipinski definition) is 2. The molecule has 2 heterocycles. The van der Waals surface area contributed by atoms with Crippen LogP contribution in [0.25, 0.3) is 11.4 Å². The van der Waals surface area contributed by atoms with Gasteiger partial charge in [-0.2, -0.15) is 10.2 Å². The minimum absolute atomic E-state index is 0.0982. The van der Waals surface area contributed by atoms with E-state index in [0.717, 1.165) is 23.5 Å². The van der Waals surface area contributed by atoms with Crippen LogP contribution in [-0.4, -0.2) is 25.5 Å². The van der Waals surface area contributed by atoms with Crippen LogP contribution in [0.5, 0.6) is 0 Å². The second kappa shape index (κ2) is 4.33. The summed E-state index contributed by atoms with van der Waals surface area (Å²) in [5.41, 5.74) is 3.33. The predicted molar refractivity (Wildman–Crippen MR) is 67.4 cm³/mol. The third-order valence-electron chi connectivity index (χ3n) is 2.60. The number of rotatable bonds is 3. The first kappa shape index (κ1) is 11.9. The molecule has 17 heavy (non-hydrogen) atoms. The van der Waals surface area contributed by atoms with Gasteiger partial charge in [0.05, 0.1) is 17.6 Å². The van der Waals surface area contributed by atoms with Crippen LogP contribution < -0.4 is 5.32 Å². The summed E-state index contributed by atoms with van der Waals surface area (Å²) in [6, 6.07) is 1.98. The zero-order chi connectivity index (χ0) is 12.5. The zero-order valence-electron chi connectivity index (χ0n) is 10.8. The Morgan fingerprint density at radius 1 is 1.41 bits per heavy atom. The van der Waals surface area contributed by atoms with Gasteiger partial charge in [-0.3, -0.25) is 9.78 Å². The van der Waals surface area contributed by atoms with Crippen molar-refractivity contribution in [3.05, 3.63) is 24.0 Å². The number of H-pyrrole nitrogens is 1. The normalized spacial score (nSPS) is 12.0. The number of aromatic amines is 1. The number of aromatic nitrogens is 4. The highest BCUT2D eigenvalue weighted by molar-refractivity contribution is 5.58. The van der Waals surface area contributed by atoms with Crippen LogP contribution in [0.15, 0.2) is 18.5 Å². The average Bonchev–Trinajstić information content (AvgIpc) is 2.81. The molecule has 0 atom stereocenters. The van der Waals surface area contributed by atoms with Crippen LogP contribution in [0.2, 0.25) is 0 Å². The van der Waals surface area contributed by atoms with Gasteiger partial charge in [-0.25, -0.2) is 0 Å². The van der Waals surface area contributed by atoms with Gasteiger partial charge in [-0.05, 0) is 26.8 Å². The Morgan fingerprint density at radius 2 is 2.18 bits per heavy atom. The molecule has 0 bridgehead atoms. The predicted octanol–water partition coefficient (Wildman–Crippen LogP) is 1.70. The van der Waals surface area contributed by atoms with E-state index in [9.17, 15) is 0 Å². The van der Waals surface area contributed by atoms with Gasteiger partial charge in [0.1, 0.15) is 0 Å². The van der Waals surface area contributed by atoms with Crippen molar-refractivity contribution in [2.45, 2.75) is 32.9 Å². The number of nitrogens with zero attached hydrogens (tertiary/aromatic N) is 3. The van der Waals surface area contributed by atoms with Gasteiger partial charge in [0, 0.05) is 30.9 Å². The topological polar surface area (TPSA) is 58.5 Å². The first-order valence-electron chi connectivity index (χ1n) is 5.73. The molecule has 0 aliphatic rings. The summed E-state index contributed by atoms with van der Waals surface area (Å²) in [5.74, 6) is 0. The third kappa shape index (κ3) is 2.74. The molecule has 0 aromatic carbocycles. The van der Waals surface area contributed by atoms with E-state index in [2.05, 4.69) is 41.4 Å². The van der Waals surface area contributed by atoms with Crippen LogP contribution in [0.3, 0.4) is 0 Å². The summed E-state index contributed by atoms with van der Waals surface area (Å²) in [4.78, 5) is 0. The van der Waals surface area contributed by atoms with E-state index in [1.807, 2.05) is 24.0 Å². The van der Waals surface area contributed by atoms with Gasteiger partial charge < -0.3 is 5.32 Å². The van der Waals surface area contributed by atoms with Gasteiger partial charge in [0.2, 0.25) is 0 Å². The lowest BCUT2D eigenvalue weighted by Gasteiger charge is -2.20. The molecular weight excluding hydrogens is 214 g/mol. The Balaban J connectivity index is 2.21. The molecule has 0 radical (unpaired) electrons. The van der Waals surface area contributed by atoms with E-state index in [4.69, 9.17) is 0 Å². The number of hydrogen-bond acceptors (Lipinski definition) is 3. The molecule has 0 saturated carbocycles. The molecule has 92 valence electrons. The molecule has 5 heteroatoms. The molecule has 0 unspecified atom stereocenters. The quantitative estimate of drug-likeness (QED) is 0.848. The van der Waals surface area contributed by atoms with Crippen LogP contribution in [0, 0.1) is 0 Å². The van der Waals surface area contributed by atoms with E-state index in [-0.39, 0.29) is 5.54 Å². The molecule has 0 saturated heterocycles. The first-order chi connectivity index (χ1) is 7.97. The van der Waals surface area contributed by atoms with E-state index < -0.39 is 0 Å². The van der Waals surface area contributed by atoms with Crippen molar-refractivity contribution in [2.24, 2.45) is 7.05 Å². The SMILES string of the molecule is Cn1nccc1-c1[nH]ncc1CNC(C)(C)C. The highest BCUT2D eigenvalue weighted by Gasteiger charge is 2.14. The van der Waals surface area contributed by atoms with Crippen LogP contribution in [0.4, 0.5) is 0 Å². The number of nitrogens with one attached hydrogen (secondary N) is 2. The maximum atomic E-state index is 4.17. The van der Waals surface area contributed by atoms with Crippen LogP contribution in [0.1, 0.15) is 26.3 Å². The molecule has 0 amide bonds. The van der Waals surface area contributed by atoms with E-state index in [1.54, 1.807) is 6.20 Å². The second-order valence-electron chi connectivity index (χ2n) is 5.21. The summed E-state index contributed by atoms with van der Waals surface area (Å²) in [5, 5.41) is 14.8. The third-order valence-corrected chi connectivity index (χ3v) is 2.60. The monoisotopic (exact) mass is 233 g/mol. The molecule has 2 N–H and O–H groups in total. The maximum absolute atomic E-state index is 4.17. The molecule has 0 fully saturated rings. The minimum Gasteiger partial charge on any atom is -0.308 e. The van der Waals surface area contributed by atoms with Crippen molar-refractivity contribution in [2.75, 3.05) is 0 Å². The molecule has 5 nitrogen and oxygen atoms in total. The minimum atomic E-state index is 0.0982. The Bertz CT molecular complexity index is 489. The fraction of sp³-hybridized carbons (Fsp3) is 0.500. The molecule has 0 aliphatic heterocycles. The summed E-state index contributed by atoms with van der Waals surface area (Å²) in [6.07, 6.45) is 3.65. The highest BCUT2D eigenvalue weighted by atomic mass is 15.3. The van der Waals surface area contributed by atoms with E-state index >= 15 is 0 Å². The lowest BCUT2D eigenvalue weighted by Crippen LogP contribution is -2.35. The highest BCUT2D eigenvalue weighted by Crippen LogP contribution is 2.20. The Kier molecular flexibility index (Phi) is 3.02. The summed E-state index contributed by atoms with van der Waals surface area (Å²) in [6.45, 7) is 7.24. The van der Waals surface area contributed by atoms with Gasteiger partial charge >= 0.3 is 0 Å². The number of aryl methyl sites for hydroxylation is 1. The van der Waals surface area contributed by atoms with Crippen LogP contribution >= 0.6 is 0 Å². The largest absolute Gasteiger partial charge is 0.308 e. The van der Waals surface area contributed by atoms with Crippen molar-refractivity contribution in [1.82, 2.24) is 25.3 Å². The van der Waals surface area contributed by atoms with Crippen molar-refractivity contribution < 1.29 is 0 Å². The van der Waals surface area contributed by atoms with E-state index in [0.29, 0.717) is 0 Å². The first-order valence-corrected chi connectivity index (χ1v) is 5.73. The van der Waals surface area contributed by atoms with Crippen molar-refractivity contribution in [3.63, 3.8) is 0 Å². The fourth-order valence-corrected chi connectivity index (χ4v) is 1.65. The lowest BCUT2D eigenvalue weighted by atomic mass is 10.1. The molecular formula is C12H19N5. The smallest absolute Gasteiger partial charge is 0.0876 e. The van der Waals surface area contributed by atoms with Crippen molar-refractivity contribution in [3.8, 4) is 11.4 Å². The Morgan fingerprint density at radius 3 is 2.76 bits per heavy atom. The Hall–Kier alpha value is -1.62. The van der Waals surface area contributed by atoms with Gasteiger partial charge in [0.15, 0.2) is 0 Å². The zero-order valence-corrected chi connectivity index (χ0v) is 10.8. The molecule has 2 rings (SSSR count). The molecule has 0 spiro atoms.